The van der Waals surface area contributed by atoms with E-state index in [4.69, 9.17) is 18.9 Å². The summed E-state index contributed by atoms with van der Waals surface area (Å²) < 4.78 is 61.2. The van der Waals surface area contributed by atoms with Gasteiger partial charge in [-0.2, -0.15) is 0 Å². The molecule has 1 atom stereocenters. The molecular formula is C33H35FO8S. The molecule has 228 valence electrons. The van der Waals surface area contributed by atoms with Crippen molar-refractivity contribution in [3.05, 3.63) is 76.6 Å². The first kappa shape index (κ1) is 29.4. The largest absolute Gasteiger partial charge is 0.492 e. The maximum absolute atomic E-state index is 15.2. The van der Waals surface area contributed by atoms with Gasteiger partial charge in [0.05, 0.1) is 31.6 Å². The minimum Gasteiger partial charge on any atom is -0.492 e. The third-order valence-electron chi connectivity index (χ3n) is 8.70. The number of aliphatic hydroxyl groups is 1. The van der Waals surface area contributed by atoms with E-state index in [0.717, 1.165) is 47.1 Å². The van der Waals surface area contributed by atoms with Crippen LogP contribution in [0.4, 0.5) is 4.39 Å². The van der Waals surface area contributed by atoms with Crippen molar-refractivity contribution in [2.45, 2.75) is 56.7 Å². The summed E-state index contributed by atoms with van der Waals surface area (Å²) in [5.74, 6) is 1.07. The summed E-state index contributed by atoms with van der Waals surface area (Å²) >= 11 is 0. The second-order valence-electron chi connectivity index (χ2n) is 11.7. The molecule has 1 saturated heterocycles. The highest BCUT2D eigenvalue weighted by Gasteiger charge is 2.36. The molecule has 2 aliphatic heterocycles. The van der Waals surface area contributed by atoms with Crippen LogP contribution in [0, 0.1) is 5.82 Å². The highest BCUT2D eigenvalue weighted by molar-refractivity contribution is 7.91. The SMILES string of the molecule is COC(=O)C[C@@H]1COc2cc(OCc3cc4c(cc3F)CCCc3cc(OCC5(O)CCS(=O)(=O)CC5)ccc3-4)ccc21. The number of carbonyl (C=O) groups is 1. The molecule has 6 rings (SSSR count). The van der Waals surface area contributed by atoms with Crippen LogP contribution in [0.2, 0.25) is 0 Å². The minimum atomic E-state index is -3.09. The molecule has 8 nitrogen and oxygen atoms in total. The number of ether oxygens (including phenoxy) is 4. The Balaban J connectivity index is 1.16. The quantitative estimate of drug-likeness (QED) is 0.358. The maximum Gasteiger partial charge on any atom is 0.306 e. The van der Waals surface area contributed by atoms with Gasteiger partial charge in [0.25, 0.3) is 0 Å². The van der Waals surface area contributed by atoms with Crippen LogP contribution in [0.5, 0.6) is 17.2 Å². The number of rotatable bonds is 8. The lowest BCUT2D eigenvalue weighted by Crippen LogP contribution is -2.43. The molecule has 3 aromatic rings. The molecule has 1 fully saturated rings. The van der Waals surface area contributed by atoms with Gasteiger partial charge < -0.3 is 24.1 Å². The van der Waals surface area contributed by atoms with Crippen LogP contribution in [0.15, 0.2) is 48.5 Å². The van der Waals surface area contributed by atoms with E-state index in [0.29, 0.717) is 29.4 Å². The highest BCUT2D eigenvalue weighted by Crippen LogP contribution is 2.40. The molecule has 0 amide bonds. The van der Waals surface area contributed by atoms with Crippen molar-refractivity contribution in [3.8, 4) is 28.4 Å². The number of aryl methyl sites for hydroxylation is 2. The van der Waals surface area contributed by atoms with Gasteiger partial charge in [0.1, 0.15) is 41.9 Å². The number of hydrogen-bond acceptors (Lipinski definition) is 8. The van der Waals surface area contributed by atoms with E-state index in [-0.39, 0.29) is 61.7 Å². The van der Waals surface area contributed by atoms with Crippen LogP contribution in [0.25, 0.3) is 11.1 Å². The van der Waals surface area contributed by atoms with Crippen LogP contribution in [0.1, 0.15) is 53.9 Å². The van der Waals surface area contributed by atoms with Gasteiger partial charge in [-0.3, -0.25) is 4.79 Å². The lowest BCUT2D eigenvalue weighted by molar-refractivity contribution is -0.141. The van der Waals surface area contributed by atoms with Crippen molar-refractivity contribution >= 4 is 15.8 Å². The summed E-state index contributed by atoms with van der Waals surface area (Å²) in [7, 11) is -1.72. The lowest BCUT2D eigenvalue weighted by atomic mass is 9.94. The molecule has 0 radical (unpaired) electrons. The number of hydrogen-bond donors (Lipinski definition) is 1. The van der Waals surface area contributed by atoms with Gasteiger partial charge in [0, 0.05) is 23.1 Å². The third-order valence-corrected chi connectivity index (χ3v) is 10.3. The van der Waals surface area contributed by atoms with Crippen LogP contribution >= 0.6 is 0 Å². The minimum absolute atomic E-state index is 0.0320. The first-order valence-electron chi connectivity index (χ1n) is 14.6. The van der Waals surface area contributed by atoms with Crippen molar-refractivity contribution in [2.75, 3.05) is 31.8 Å². The molecule has 2 heterocycles. The lowest BCUT2D eigenvalue weighted by Gasteiger charge is -2.31. The van der Waals surface area contributed by atoms with Gasteiger partial charge in [0.15, 0.2) is 9.84 Å². The van der Waals surface area contributed by atoms with Crippen LogP contribution in [0.3, 0.4) is 0 Å². The molecule has 3 aliphatic rings. The summed E-state index contributed by atoms with van der Waals surface area (Å²) in [6.07, 6.45) is 2.96. The maximum atomic E-state index is 15.2. The van der Waals surface area contributed by atoms with Crippen LogP contribution in [-0.2, 0) is 38.8 Å². The zero-order valence-electron chi connectivity index (χ0n) is 24.1. The molecule has 1 N–H and O–H groups in total. The molecule has 0 aromatic heterocycles. The fraction of sp³-hybridized carbons (Fsp3) is 0.424. The van der Waals surface area contributed by atoms with E-state index < -0.39 is 15.4 Å². The predicted octanol–water partition coefficient (Wildman–Crippen LogP) is 4.92. The number of esters is 1. The van der Waals surface area contributed by atoms with Crippen LogP contribution < -0.4 is 14.2 Å². The molecule has 0 bridgehead atoms. The summed E-state index contributed by atoms with van der Waals surface area (Å²) in [5, 5.41) is 10.8. The number of methoxy groups -OCH3 is 1. The Hall–Kier alpha value is -3.63. The fourth-order valence-electron chi connectivity index (χ4n) is 6.07. The van der Waals surface area contributed by atoms with Gasteiger partial charge in [-0.05, 0) is 84.7 Å². The Morgan fingerprint density at radius 1 is 1.00 bits per heavy atom. The standard InChI is InChI=1S/C33H35FO8S/c1-39-32(35)16-23-18-41-31-17-26(6-8-28(23)31)40-19-24-14-29-22(15-30(24)34)4-2-3-21-13-25(5-7-27(21)29)42-20-33(36)9-11-43(37,38)12-10-33/h5-8,13-15,17,23,36H,2-4,9-12,16,18-20H2,1H3/t23-/m1/s1. The van der Waals surface area contributed by atoms with E-state index in [1.54, 1.807) is 18.2 Å². The predicted molar refractivity (Wildman–Crippen MR) is 158 cm³/mol. The van der Waals surface area contributed by atoms with Gasteiger partial charge in [0.2, 0.25) is 0 Å². The van der Waals surface area contributed by atoms with Crippen molar-refractivity contribution in [1.29, 1.82) is 0 Å². The zero-order chi connectivity index (χ0) is 30.2. The molecule has 0 saturated carbocycles. The number of sulfone groups is 1. The van der Waals surface area contributed by atoms with Gasteiger partial charge in [-0.15, -0.1) is 0 Å². The summed E-state index contributed by atoms with van der Waals surface area (Å²) in [6, 6.07) is 14.7. The monoisotopic (exact) mass is 610 g/mol. The second-order valence-corrected chi connectivity index (χ2v) is 14.0. The number of halogens is 1. The van der Waals surface area contributed by atoms with Gasteiger partial charge >= 0.3 is 5.97 Å². The van der Waals surface area contributed by atoms with E-state index in [9.17, 15) is 18.3 Å². The number of fused-ring (bicyclic) bond motifs is 4. The molecule has 3 aromatic carbocycles. The summed E-state index contributed by atoms with van der Waals surface area (Å²) in [5.41, 5.74) is 4.18. The Morgan fingerprint density at radius 2 is 1.72 bits per heavy atom. The van der Waals surface area contributed by atoms with Gasteiger partial charge in [-0.1, -0.05) is 12.1 Å². The van der Waals surface area contributed by atoms with Crippen LogP contribution in [-0.4, -0.2) is 56.9 Å². The van der Waals surface area contributed by atoms with E-state index in [2.05, 4.69) is 0 Å². The average molecular weight is 611 g/mol. The molecule has 43 heavy (non-hydrogen) atoms. The fourth-order valence-corrected chi connectivity index (χ4v) is 7.65. The van der Waals surface area contributed by atoms with Crippen molar-refractivity contribution in [2.24, 2.45) is 0 Å². The number of benzene rings is 3. The molecule has 10 heteroatoms. The normalized spacial score (nSPS) is 19.7. The van der Waals surface area contributed by atoms with E-state index in [1.165, 1.54) is 7.11 Å². The Morgan fingerprint density at radius 3 is 2.49 bits per heavy atom. The molecular weight excluding hydrogens is 575 g/mol. The van der Waals surface area contributed by atoms with E-state index >= 15 is 4.39 Å². The second kappa shape index (κ2) is 11.8. The Kier molecular flexibility index (Phi) is 8.08. The highest BCUT2D eigenvalue weighted by atomic mass is 32.2. The molecule has 0 unspecified atom stereocenters. The molecule has 1 aliphatic carbocycles. The van der Waals surface area contributed by atoms with E-state index in [1.807, 2.05) is 30.3 Å². The summed E-state index contributed by atoms with van der Waals surface area (Å²) in [6.45, 7) is 0.462. The van der Waals surface area contributed by atoms with Crippen molar-refractivity contribution < 1.29 is 41.7 Å². The first-order valence-corrected chi connectivity index (χ1v) is 16.4. The molecule has 0 spiro atoms. The number of carbonyl (C=O) groups excluding carboxylic acids is 1. The summed E-state index contributed by atoms with van der Waals surface area (Å²) in [4.78, 5) is 11.7. The van der Waals surface area contributed by atoms with Crippen molar-refractivity contribution in [3.63, 3.8) is 0 Å². The van der Waals surface area contributed by atoms with Crippen molar-refractivity contribution in [1.82, 2.24) is 0 Å². The first-order chi connectivity index (χ1) is 20.6. The topological polar surface area (TPSA) is 108 Å². The Labute approximate surface area is 250 Å². The smallest absolute Gasteiger partial charge is 0.306 e. The third kappa shape index (κ3) is 6.50. The Bertz CT molecular complexity index is 1640. The zero-order valence-corrected chi connectivity index (χ0v) is 24.9. The average Bonchev–Trinajstić information content (AvgIpc) is 3.30. The van der Waals surface area contributed by atoms with Gasteiger partial charge in [-0.25, -0.2) is 12.8 Å².